The Balaban J connectivity index is 0.000000270. The van der Waals surface area contributed by atoms with E-state index in [0.29, 0.717) is 5.02 Å². The molecule has 1 aromatic carbocycles. The van der Waals surface area contributed by atoms with E-state index in [2.05, 4.69) is 4.98 Å². The molecule has 0 radical (unpaired) electrons. The first kappa shape index (κ1) is 22.0. The highest BCUT2D eigenvalue weighted by atomic mass is 35.5. The lowest BCUT2D eigenvalue weighted by Gasteiger charge is -2.06. The van der Waals surface area contributed by atoms with Crippen LogP contribution in [0.2, 0.25) is 5.02 Å². The van der Waals surface area contributed by atoms with Crippen LogP contribution in [0.4, 0.5) is 4.39 Å². The van der Waals surface area contributed by atoms with Gasteiger partial charge in [0.1, 0.15) is 0 Å². The van der Waals surface area contributed by atoms with Crippen molar-refractivity contribution in [3.05, 3.63) is 79.2 Å². The average molecular weight is 397 g/mol. The molecule has 0 atom stereocenters. The van der Waals surface area contributed by atoms with Crippen LogP contribution in [0.15, 0.2) is 46.0 Å². The van der Waals surface area contributed by atoms with Crippen molar-refractivity contribution in [3.63, 3.8) is 0 Å². The molecule has 0 bridgehead atoms. The second-order valence-corrected chi connectivity index (χ2v) is 6.56. The summed E-state index contributed by atoms with van der Waals surface area (Å²) in [6.45, 7) is 5.75. The number of fused-ring (bicyclic) bond motifs is 1. The summed E-state index contributed by atoms with van der Waals surface area (Å²) in [7, 11) is 1.54. The van der Waals surface area contributed by atoms with E-state index in [0.717, 1.165) is 22.2 Å². The highest BCUT2D eigenvalue weighted by Crippen LogP contribution is 2.19. The summed E-state index contributed by atoms with van der Waals surface area (Å²) >= 11 is 5.90. The number of H-pyrrole nitrogens is 1. The van der Waals surface area contributed by atoms with E-state index in [9.17, 15) is 14.0 Å². The zero-order chi connectivity index (χ0) is 18.7. The number of nitrogens with zero attached hydrogens (tertiary/aromatic N) is 1. The summed E-state index contributed by atoms with van der Waals surface area (Å²) in [5, 5.41) is 1.66. The maximum absolute atomic E-state index is 12.4. The number of aromatic amines is 1. The van der Waals surface area contributed by atoms with Crippen molar-refractivity contribution in [2.24, 2.45) is 7.05 Å². The van der Waals surface area contributed by atoms with Gasteiger partial charge < -0.3 is 9.55 Å². The van der Waals surface area contributed by atoms with Crippen molar-refractivity contribution in [3.8, 4) is 0 Å². The first-order chi connectivity index (χ1) is 11.7. The molecule has 0 aliphatic rings. The number of aromatic nitrogens is 2. The van der Waals surface area contributed by atoms with Gasteiger partial charge in [0.2, 0.25) is 0 Å². The molecule has 2 heterocycles. The summed E-state index contributed by atoms with van der Waals surface area (Å²) < 4.78 is 13.7. The van der Waals surface area contributed by atoms with Crippen LogP contribution in [0.5, 0.6) is 0 Å². The Labute approximate surface area is 163 Å². The van der Waals surface area contributed by atoms with Crippen molar-refractivity contribution in [2.75, 3.05) is 0 Å². The Morgan fingerprint density at radius 3 is 2.35 bits per heavy atom. The number of rotatable bonds is 1. The normalized spacial score (nSPS) is 10.3. The minimum atomic E-state index is -0.701. The molecule has 140 valence electrons. The fourth-order valence-electron chi connectivity index (χ4n) is 2.32. The van der Waals surface area contributed by atoms with Crippen LogP contribution >= 0.6 is 25.1 Å². The molecule has 0 saturated heterocycles. The van der Waals surface area contributed by atoms with Gasteiger partial charge in [-0.05, 0) is 54.6 Å². The molecule has 0 spiro atoms. The minimum absolute atomic E-state index is 0. The third-order valence-corrected chi connectivity index (χ3v) is 4.20. The van der Waals surface area contributed by atoms with Crippen LogP contribution in [0, 0.1) is 12.7 Å². The van der Waals surface area contributed by atoms with Gasteiger partial charge in [-0.2, -0.15) is 13.5 Å². The van der Waals surface area contributed by atoms with Gasteiger partial charge in [-0.3, -0.25) is 9.59 Å². The lowest BCUT2D eigenvalue weighted by Crippen LogP contribution is -2.21. The highest BCUT2D eigenvalue weighted by Gasteiger charge is 2.06. The molecule has 0 unspecified atom stereocenters. The predicted octanol–water partition coefficient (Wildman–Crippen LogP) is 4.25. The third kappa shape index (κ3) is 4.99. The fraction of sp³-hybridized carbons (Fsp3) is 0.263. The lowest BCUT2D eigenvalue weighted by molar-refractivity contribution is 0.586. The summed E-state index contributed by atoms with van der Waals surface area (Å²) in [6, 6.07) is 10.1. The molecule has 0 aliphatic carbocycles. The summed E-state index contributed by atoms with van der Waals surface area (Å²) in [5.74, 6) is -0.481. The van der Waals surface area contributed by atoms with Crippen LogP contribution in [-0.4, -0.2) is 9.55 Å². The second-order valence-electron chi connectivity index (χ2n) is 6.13. The molecule has 0 aliphatic heterocycles. The lowest BCUT2D eigenvalue weighted by atomic mass is 10.0. The van der Waals surface area contributed by atoms with Gasteiger partial charge in [0.05, 0.1) is 0 Å². The molecule has 7 heteroatoms. The molecule has 26 heavy (non-hydrogen) atoms. The Morgan fingerprint density at radius 2 is 1.77 bits per heavy atom. The Hall–Kier alpha value is -2.05. The van der Waals surface area contributed by atoms with E-state index in [4.69, 9.17) is 11.6 Å². The average Bonchev–Trinajstić information content (AvgIpc) is 2.56. The number of nitrogens with one attached hydrogen (secondary N) is 1. The van der Waals surface area contributed by atoms with Crippen molar-refractivity contribution in [2.45, 2.75) is 26.7 Å². The zero-order valence-electron chi connectivity index (χ0n) is 15.1. The minimum Gasteiger partial charge on any atom is -0.322 e. The van der Waals surface area contributed by atoms with E-state index in [1.165, 1.54) is 10.6 Å². The number of hydrogen-bond donors (Lipinski definition) is 1. The van der Waals surface area contributed by atoms with Gasteiger partial charge in [0.25, 0.3) is 11.1 Å². The largest absolute Gasteiger partial charge is 0.322 e. The van der Waals surface area contributed by atoms with Crippen molar-refractivity contribution >= 4 is 36.0 Å². The standard InChI is InChI=1S/C12H12ClNO.C7H8FNO.H2S/c1-7(2)10-6-8-5-9(13)3-4-11(8)14-12(10)15;1-5-3-4-6(8)7(10)9(5)2;/h3-7H,1-2H3,(H,14,15);3-4H,1-2H3;1H2. The molecule has 0 fully saturated rings. The zero-order valence-corrected chi connectivity index (χ0v) is 16.8. The van der Waals surface area contributed by atoms with Crippen molar-refractivity contribution in [1.29, 1.82) is 0 Å². The summed E-state index contributed by atoms with van der Waals surface area (Å²) in [4.78, 5) is 25.3. The van der Waals surface area contributed by atoms with Gasteiger partial charge in [-0.25, -0.2) is 4.39 Å². The van der Waals surface area contributed by atoms with Crippen LogP contribution in [-0.2, 0) is 7.05 Å². The van der Waals surface area contributed by atoms with Crippen LogP contribution in [0.1, 0.15) is 31.0 Å². The Morgan fingerprint density at radius 1 is 1.12 bits per heavy atom. The number of benzene rings is 1. The SMILES string of the molecule is CC(C)c1cc2cc(Cl)ccc2[nH]c1=O.Cc1ccc(F)c(=O)n1C.S. The van der Waals surface area contributed by atoms with E-state index in [1.807, 2.05) is 32.0 Å². The Kier molecular flexibility index (Phi) is 7.66. The second kappa shape index (κ2) is 9.05. The number of aryl methyl sites for hydroxylation is 1. The van der Waals surface area contributed by atoms with E-state index in [1.54, 1.807) is 26.1 Å². The maximum Gasteiger partial charge on any atom is 0.286 e. The number of halogens is 2. The molecule has 0 saturated carbocycles. The van der Waals surface area contributed by atoms with Gasteiger partial charge in [0, 0.05) is 28.8 Å². The molecule has 3 aromatic rings. The predicted molar refractivity (Wildman–Crippen MR) is 110 cm³/mol. The Bertz CT molecular complexity index is 1030. The smallest absolute Gasteiger partial charge is 0.286 e. The molecular weight excluding hydrogens is 375 g/mol. The van der Waals surface area contributed by atoms with E-state index >= 15 is 0 Å². The van der Waals surface area contributed by atoms with Crippen LogP contribution in [0.3, 0.4) is 0 Å². The van der Waals surface area contributed by atoms with Gasteiger partial charge in [-0.15, -0.1) is 0 Å². The molecular formula is C19H22ClFN2O2S. The number of hydrogen-bond acceptors (Lipinski definition) is 2. The molecule has 3 rings (SSSR count). The quantitative estimate of drug-likeness (QED) is 0.668. The van der Waals surface area contributed by atoms with Crippen LogP contribution < -0.4 is 11.1 Å². The molecule has 4 nitrogen and oxygen atoms in total. The van der Waals surface area contributed by atoms with Crippen LogP contribution in [0.25, 0.3) is 10.9 Å². The monoisotopic (exact) mass is 396 g/mol. The van der Waals surface area contributed by atoms with E-state index in [-0.39, 0.29) is 25.0 Å². The first-order valence-electron chi connectivity index (χ1n) is 7.85. The van der Waals surface area contributed by atoms with Gasteiger partial charge >= 0.3 is 0 Å². The summed E-state index contributed by atoms with van der Waals surface area (Å²) in [5.41, 5.74) is 1.80. The van der Waals surface area contributed by atoms with Gasteiger partial charge in [0.15, 0.2) is 5.82 Å². The molecule has 1 N–H and O–H groups in total. The number of pyridine rings is 2. The first-order valence-corrected chi connectivity index (χ1v) is 8.23. The van der Waals surface area contributed by atoms with Crippen molar-refractivity contribution < 1.29 is 4.39 Å². The molecule has 0 amide bonds. The maximum atomic E-state index is 12.4. The molecule has 2 aromatic heterocycles. The topological polar surface area (TPSA) is 54.9 Å². The van der Waals surface area contributed by atoms with E-state index < -0.39 is 11.4 Å². The van der Waals surface area contributed by atoms with Gasteiger partial charge in [-0.1, -0.05) is 25.4 Å². The summed E-state index contributed by atoms with van der Waals surface area (Å²) in [6.07, 6.45) is 0. The fourth-order valence-corrected chi connectivity index (χ4v) is 2.50. The highest BCUT2D eigenvalue weighted by molar-refractivity contribution is 7.59. The third-order valence-electron chi connectivity index (χ3n) is 3.97. The van der Waals surface area contributed by atoms with Crippen molar-refractivity contribution in [1.82, 2.24) is 9.55 Å².